The van der Waals surface area contributed by atoms with Gasteiger partial charge in [0.05, 0.1) is 18.3 Å². The van der Waals surface area contributed by atoms with E-state index in [9.17, 15) is 9.59 Å². The van der Waals surface area contributed by atoms with Gasteiger partial charge in [-0.05, 0) is 17.9 Å². The van der Waals surface area contributed by atoms with Crippen molar-refractivity contribution in [3.8, 4) is 0 Å². The Morgan fingerprint density at radius 2 is 2.17 bits per heavy atom. The fraction of sp³-hybridized carbons (Fsp3) is 0.250. The molecule has 0 aliphatic rings. The molecular weight excluding hydrogens is 314 g/mol. The lowest BCUT2D eigenvalue weighted by Crippen LogP contribution is -2.38. The number of carbonyl (C=O) groups excluding carboxylic acids is 2. The average Bonchev–Trinajstić information content (AvgIpc) is 3.24. The van der Waals surface area contributed by atoms with E-state index in [-0.39, 0.29) is 18.4 Å². The van der Waals surface area contributed by atoms with Crippen LogP contribution in [0.25, 0.3) is 11.1 Å². The van der Waals surface area contributed by atoms with E-state index in [2.05, 4.69) is 10.6 Å². The number of carbonyl (C=O) groups is 2. The topological polar surface area (TPSA) is 76.3 Å². The summed E-state index contributed by atoms with van der Waals surface area (Å²) in [7, 11) is 1.79. The van der Waals surface area contributed by atoms with Crippen molar-refractivity contribution >= 4 is 34.3 Å². The van der Waals surface area contributed by atoms with Crippen molar-refractivity contribution < 1.29 is 14.0 Å². The van der Waals surface area contributed by atoms with Crippen LogP contribution in [0.1, 0.15) is 15.4 Å². The van der Waals surface area contributed by atoms with E-state index in [1.165, 1.54) is 4.88 Å². The molecule has 0 aliphatic carbocycles. The molecule has 6 nitrogen and oxygen atoms in total. The third-order valence-electron chi connectivity index (χ3n) is 3.58. The number of thiophene rings is 1. The smallest absolute Gasteiger partial charge is 0.268 e. The largest absolute Gasteiger partial charge is 0.463 e. The number of amides is 2. The van der Waals surface area contributed by atoms with Gasteiger partial charge in [-0.2, -0.15) is 0 Å². The molecule has 0 fully saturated rings. The molecule has 23 heavy (non-hydrogen) atoms. The van der Waals surface area contributed by atoms with Crippen LogP contribution < -0.4 is 10.6 Å². The van der Waals surface area contributed by atoms with Gasteiger partial charge in [0, 0.05) is 30.6 Å². The van der Waals surface area contributed by atoms with Crippen LogP contribution in [0.4, 0.5) is 0 Å². The molecule has 2 amide bonds. The summed E-state index contributed by atoms with van der Waals surface area (Å²) in [6.45, 7) is 0.516. The summed E-state index contributed by atoms with van der Waals surface area (Å²) >= 11 is 1.66. The number of rotatable bonds is 6. The first-order valence-electron chi connectivity index (χ1n) is 7.25. The Bertz CT molecular complexity index is 817. The summed E-state index contributed by atoms with van der Waals surface area (Å²) in [5, 5.41) is 7.42. The average molecular weight is 331 g/mol. The molecule has 7 heteroatoms. The van der Waals surface area contributed by atoms with Crippen molar-refractivity contribution in [3.05, 3.63) is 46.5 Å². The van der Waals surface area contributed by atoms with Gasteiger partial charge in [-0.1, -0.05) is 6.07 Å². The molecule has 0 saturated carbocycles. The van der Waals surface area contributed by atoms with Crippen molar-refractivity contribution in [2.75, 3.05) is 13.1 Å². The van der Waals surface area contributed by atoms with E-state index < -0.39 is 0 Å². The van der Waals surface area contributed by atoms with Crippen LogP contribution in [0.2, 0.25) is 0 Å². The fourth-order valence-electron chi connectivity index (χ4n) is 2.36. The van der Waals surface area contributed by atoms with Crippen LogP contribution in [0.15, 0.2) is 40.3 Å². The number of aromatic nitrogens is 1. The number of aryl methyl sites for hydroxylation is 1. The zero-order chi connectivity index (χ0) is 16.2. The Morgan fingerprint density at radius 3 is 2.91 bits per heavy atom. The Hall–Kier alpha value is -2.54. The van der Waals surface area contributed by atoms with Gasteiger partial charge in [-0.15, -0.1) is 11.3 Å². The molecule has 0 saturated heterocycles. The molecule has 0 unspecified atom stereocenters. The molecule has 3 rings (SSSR count). The Balaban J connectivity index is 1.47. The summed E-state index contributed by atoms with van der Waals surface area (Å²) in [6, 6.07) is 7.48. The molecule has 0 radical (unpaired) electrons. The molecular formula is C16H17N3O3S. The highest BCUT2D eigenvalue weighted by Crippen LogP contribution is 2.19. The second-order valence-electron chi connectivity index (χ2n) is 5.12. The van der Waals surface area contributed by atoms with E-state index in [4.69, 9.17) is 4.42 Å². The monoisotopic (exact) mass is 331 g/mol. The SMILES string of the molecule is Cn1c(C(=O)NCC(=O)NCCc2cccs2)cc2occc21. The van der Waals surface area contributed by atoms with Crippen LogP contribution >= 0.6 is 11.3 Å². The highest BCUT2D eigenvalue weighted by atomic mass is 32.1. The summed E-state index contributed by atoms with van der Waals surface area (Å²) in [5.41, 5.74) is 1.96. The van der Waals surface area contributed by atoms with Gasteiger partial charge in [-0.3, -0.25) is 9.59 Å². The summed E-state index contributed by atoms with van der Waals surface area (Å²) in [4.78, 5) is 25.1. The minimum Gasteiger partial charge on any atom is -0.463 e. The van der Waals surface area contributed by atoms with Crippen LogP contribution in [-0.4, -0.2) is 29.5 Å². The normalized spacial score (nSPS) is 10.8. The zero-order valence-corrected chi connectivity index (χ0v) is 13.5. The molecule has 120 valence electrons. The lowest BCUT2D eigenvalue weighted by atomic mass is 10.3. The molecule has 0 aromatic carbocycles. The van der Waals surface area contributed by atoms with Crippen LogP contribution in [0, 0.1) is 0 Å². The van der Waals surface area contributed by atoms with Gasteiger partial charge in [0.25, 0.3) is 5.91 Å². The first kappa shape index (κ1) is 15.4. The number of nitrogens with one attached hydrogen (secondary N) is 2. The van der Waals surface area contributed by atoms with E-state index >= 15 is 0 Å². The minimum absolute atomic E-state index is 0.0458. The number of fused-ring (bicyclic) bond motifs is 1. The Morgan fingerprint density at radius 1 is 1.30 bits per heavy atom. The minimum atomic E-state index is -0.299. The number of hydrogen-bond donors (Lipinski definition) is 2. The van der Waals surface area contributed by atoms with Gasteiger partial charge in [-0.25, -0.2) is 0 Å². The van der Waals surface area contributed by atoms with Crippen molar-refractivity contribution in [2.24, 2.45) is 7.05 Å². The number of hydrogen-bond acceptors (Lipinski definition) is 4. The summed E-state index contributed by atoms with van der Waals surface area (Å²) in [5.74, 6) is -0.500. The molecule has 0 spiro atoms. The zero-order valence-electron chi connectivity index (χ0n) is 12.7. The maximum absolute atomic E-state index is 12.1. The quantitative estimate of drug-likeness (QED) is 0.724. The maximum atomic E-state index is 12.1. The molecule has 3 aromatic heterocycles. The Kier molecular flexibility index (Phi) is 4.47. The van der Waals surface area contributed by atoms with Crippen molar-refractivity contribution in [1.29, 1.82) is 0 Å². The van der Waals surface area contributed by atoms with Gasteiger partial charge in [0.1, 0.15) is 5.69 Å². The second-order valence-corrected chi connectivity index (χ2v) is 6.15. The van der Waals surface area contributed by atoms with E-state index in [1.807, 2.05) is 17.5 Å². The summed E-state index contributed by atoms with van der Waals surface area (Å²) < 4.78 is 7.00. The lowest BCUT2D eigenvalue weighted by Gasteiger charge is -2.07. The fourth-order valence-corrected chi connectivity index (χ4v) is 3.07. The van der Waals surface area contributed by atoms with Gasteiger partial charge < -0.3 is 19.6 Å². The van der Waals surface area contributed by atoms with Crippen molar-refractivity contribution in [2.45, 2.75) is 6.42 Å². The molecule has 0 atom stereocenters. The highest BCUT2D eigenvalue weighted by molar-refractivity contribution is 7.09. The third-order valence-corrected chi connectivity index (χ3v) is 4.52. The number of nitrogens with zero attached hydrogens (tertiary/aromatic N) is 1. The Labute approximate surface area is 137 Å². The second kappa shape index (κ2) is 6.70. The maximum Gasteiger partial charge on any atom is 0.268 e. The standard InChI is InChI=1S/C16H17N3O3S/c1-19-12-5-7-22-14(12)9-13(19)16(21)18-10-15(20)17-6-4-11-3-2-8-23-11/h2-3,5,7-9H,4,6,10H2,1H3,(H,17,20)(H,18,21). The molecule has 2 N–H and O–H groups in total. The summed E-state index contributed by atoms with van der Waals surface area (Å²) in [6.07, 6.45) is 2.37. The van der Waals surface area contributed by atoms with Crippen LogP contribution in [0.5, 0.6) is 0 Å². The van der Waals surface area contributed by atoms with Crippen molar-refractivity contribution in [3.63, 3.8) is 0 Å². The first-order valence-corrected chi connectivity index (χ1v) is 8.13. The van der Waals surface area contributed by atoms with Crippen LogP contribution in [0.3, 0.4) is 0 Å². The van der Waals surface area contributed by atoms with E-state index in [1.54, 1.807) is 41.3 Å². The molecule has 0 aliphatic heterocycles. The van der Waals surface area contributed by atoms with Gasteiger partial charge in [0.2, 0.25) is 5.91 Å². The molecule has 3 heterocycles. The van der Waals surface area contributed by atoms with Crippen molar-refractivity contribution in [1.82, 2.24) is 15.2 Å². The van der Waals surface area contributed by atoms with Crippen LogP contribution in [-0.2, 0) is 18.3 Å². The lowest BCUT2D eigenvalue weighted by molar-refractivity contribution is -0.120. The third kappa shape index (κ3) is 3.45. The first-order chi connectivity index (χ1) is 11.1. The molecule has 3 aromatic rings. The van der Waals surface area contributed by atoms with E-state index in [0.29, 0.717) is 17.8 Å². The predicted octanol–water partition coefficient (Wildman–Crippen LogP) is 1.92. The predicted molar refractivity (Wildman–Crippen MR) is 88.6 cm³/mol. The molecule has 0 bridgehead atoms. The van der Waals surface area contributed by atoms with E-state index in [0.717, 1.165) is 11.9 Å². The van der Waals surface area contributed by atoms with Gasteiger partial charge in [0.15, 0.2) is 5.58 Å². The van der Waals surface area contributed by atoms with Gasteiger partial charge >= 0.3 is 0 Å². The number of furan rings is 1. The highest BCUT2D eigenvalue weighted by Gasteiger charge is 2.15.